The third kappa shape index (κ3) is 1.57. The van der Waals surface area contributed by atoms with Gasteiger partial charge in [-0.2, -0.15) is 0 Å². The Labute approximate surface area is 90.6 Å². The standard InChI is InChI=1S/C10H8ClFN2O/c1-5-9(15-14-10(5)13)6-3-2-4-7(12)8(6)11/h2-4H,1H3,(H2,13,14). The van der Waals surface area contributed by atoms with Crippen molar-refractivity contribution in [1.82, 2.24) is 5.16 Å². The van der Waals surface area contributed by atoms with E-state index in [4.69, 9.17) is 21.9 Å². The van der Waals surface area contributed by atoms with Gasteiger partial charge in [-0.25, -0.2) is 4.39 Å². The summed E-state index contributed by atoms with van der Waals surface area (Å²) in [6, 6.07) is 4.48. The van der Waals surface area contributed by atoms with Crippen LogP contribution in [-0.4, -0.2) is 5.16 Å². The van der Waals surface area contributed by atoms with E-state index in [1.165, 1.54) is 6.07 Å². The molecule has 2 rings (SSSR count). The number of anilines is 1. The van der Waals surface area contributed by atoms with Gasteiger partial charge in [-0.3, -0.25) is 0 Å². The summed E-state index contributed by atoms with van der Waals surface area (Å²) in [6.45, 7) is 1.74. The van der Waals surface area contributed by atoms with Crippen molar-refractivity contribution < 1.29 is 8.91 Å². The Morgan fingerprint density at radius 2 is 2.20 bits per heavy atom. The number of benzene rings is 1. The SMILES string of the molecule is Cc1c(N)noc1-c1cccc(F)c1Cl. The van der Waals surface area contributed by atoms with Crippen molar-refractivity contribution in [1.29, 1.82) is 0 Å². The maximum absolute atomic E-state index is 13.2. The van der Waals surface area contributed by atoms with E-state index in [2.05, 4.69) is 5.16 Å². The summed E-state index contributed by atoms with van der Waals surface area (Å²) >= 11 is 5.81. The van der Waals surface area contributed by atoms with Gasteiger partial charge in [0.15, 0.2) is 11.6 Å². The summed E-state index contributed by atoms with van der Waals surface area (Å²) in [5.41, 5.74) is 6.64. The molecule has 2 N–H and O–H groups in total. The highest BCUT2D eigenvalue weighted by Crippen LogP contribution is 2.33. The maximum Gasteiger partial charge on any atom is 0.173 e. The number of nitrogen functional groups attached to an aromatic ring is 1. The molecule has 0 unspecified atom stereocenters. The number of nitrogens with two attached hydrogens (primary N) is 1. The van der Waals surface area contributed by atoms with E-state index in [-0.39, 0.29) is 10.8 Å². The van der Waals surface area contributed by atoms with E-state index in [1.54, 1.807) is 19.1 Å². The van der Waals surface area contributed by atoms with Crippen molar-refractivity contribution in [2.75, 3.05) is 5.73 Å². The molecule has 0 spiro atoms. The molecule has 0 amide bonds. The van der Waals surface area contributed by atoms with Gasteiger partial charge in [-0.05, 0) is 19.1 Å². The highest BCUT2D eigenvalue weighted by atomic mass is 35.5. The molecule has 0 bridgehead atoms. The molecular weight excluding hydrogens is 219 g/mol. The summed E-state index contributed by atoms with van der Waals surface area (Å²) in [7, 11) is 0. The van der Waals surface area contributed by atoms with Crippen LogP contribution in [0.5, 0.6) is 0 Å². The fraction of sp³-hybridized carbons (Fsp3) is 0.100. The first-order valence-electron chi connectivity index (χ1n) is 4.27. The van der Waals surface area contributed by atoms with Gasteiger partial charge in [-0.1, -0.05) is 22.8 Å². The molecule has 0 saturated heterocycles. The van der Waals surface area contributed by atoms with E-state index < -0.39 is 5.82 Å². The number of aromatic nitrogens is 1. The van der Waals surface area contributed by atoms with Gasteiger partial charge in [0.25, 0.3) is 0 Å². The Morgan fingerprint density at radius 3 is 2.80 bits per heavy atom. The number of hydrogen-bond acceptors (Lipinski definition) is 3. The Hall–Kier alpha value is -1.55. The van der Waals surface area contributed by atoms with E-state index in [0.717, 1.165) is 0 Å². The van der Waals surface area contributed by atoms with Crippen molar-refractivity contribution >= 4 is 17.4 Å². The fourth-order valence-electron chi connectivity index (χ4n) is 1.28. The van der Waals surface area contributed by atoms with Crippen LogP contribution in [0.2, 0.25) is 5.02 Å². The molecule has 15 heavy (non-hydrogen) atoms. The van der Waals surface area contributed by atoms with Crippen molar-refractivity contribution in [3.8, 4) is 11.3 Å². The number of nitrogens with zero attached hydrogens (tertiary/aromatic N) is 1. The van der Waals surface area contributed by atoms with Crippen molar-refractivity contribution in [2.45, 2.75) is 6.92 Å². The van der Waals surface area contributed by atoms with Gasteiger partial charge in [0.2, 0.25) is 0 Å². The third-order valence-electron chi connectivity index (χ3n) is 2.16. The minimum Gasteiger partial charge on any atom is -0.381 e. The van der Waals surface area contributed by atoms with Crippen LogP contribution in [0.1, 0.15) is 5.56 Å². The number of hydrogen-bond donors (Lipinski definition) is 1. The van der Waals surface area contributed by atoms with Crippen LogP contribution >= 0.6 is 11.6 Å². The third-order valence-corrected chi connectivity index (χ3v) is 2.54. The normalized spacial score (nSPS) is 10.6. The zero-order valence-electron chi connectivity index (χ0n) is 7.92. The molecule has 0 aliphatic heterocycles. The summed E-state index contributed by atoms with van der Waals surface area (Å²) < 4.78 is 18.2. The van der Waals surface area contributed by atoms with Crippen LogP contribution in [-0.2, 0) is 0 Å². The lowest BCUT2D eigenvalue weighted by atomic mass is 10.1. The Balaban J connectivity index is 2.64. The first-order valence-corrected chi connectivity index (χ1v) is 4.65. The summed E-state index contributed by atoms with van der Waals surface area (Å²) in [4.78, 5) is 0. The second-order valence-electron chi connectivity index (χ2n) is 3.12. The zero-order chi connectivity index (χ0) is 11.0. The monoisotopic (exact) mass is 226 g/mol. The summed E-state index contributed by atoms with van der Waals surface area (Å²) in [5, 5.41) is 3.60. The largest absolute Gasteiger partial charge is 0.381 e. The van der Waals surface area contributed by atoms with Crippen LogP contribution in [0.15, 0.2) is 22.7 Å². The summed E-state index contributed by atoms with van der Waals surface area (Å²) in [6.07, 6.45) is 0. The molecule has 1 aromatic heterocycles. The van der Waals surface area contributed by atoms with E-state index >= 15 is 0 Å². The first kappa shape index (κ1) is 9.98. The Kier molecular flexibility index (Phi) is 2.36. The van der Waals surface area contributed by atoms with Gasteiger partial charge in [0.1, 0.15) is 5.82 Å². The predicted octanol–water partition coefficient (Wildman–Crippen LogP) is 3.02. The van der Waals surface area contributed by atoms with Gasteiger partial charge in [0.05, 0.1) is 5.02 Å². The van der Waals surface area contributed by atoms with E-state index in [9.17, 15) is 4.39 Å². The van der Waals surface area contributed by atoms with Crippen LogP contribution in [0.25, 0.3) is 11.3 Å². The molecule has 78 valence electrons. The zero-order valence-corrected chi connectivity index (χ0v) is 8.68. The van der Waals surface area contributed by atoms with E-state index in [0.29, 0.717) is 16.9 Å². The van der Waals surface area contributed by atoms with Crippen molar-refractivity contribution in [3.63, 3.8) is 0 Å². The average molecular weight is 227 g/mol. The molecule has 0 aliphatic rings. The lowest BCUT2D eigenvalue weighted by Crippen LogP contribution is -1.87. The van der Waals surface area contributed by atoms with Gasteiger partial charge >= 0.3 is 0 Å². The molecular formula is C10H8ClFN2O. The Bertz CT molecular complexity index is 510. The molecule has 1 heterocycles. The lowest BCUT2D eigenvalue weighted by molar-refractivity contribution is 0.435. The number of halogens is 2. The molecule has 0 radical (unpaired) electrons. The topological polar surface area (TPSA) is 52.0 Å². The highest BCUT2D eigenvalue weighted by Gasteiger charge is 2.16. The maximum atomic E-state index is 13.2. The minimum absolute atomic E-state index is 0.0109. The molecule has 1 aromatic carbocycles. The highest BCUT2D eigenvalue weighted by molar-refractivity contribution is 6.33. The first-order chi connectivity index (χ1) is 7.11. The van der Waals surface area contributed by atoms with Crippen molar-refractivity contribution in [3.05, 3.63) is 34.6 Å². The molecule has 2 aromatic rings. The predicted molar refractivity (Wildman–Crippen MR) is 56.1 cm³/mol. The van der Waals surface area contributed by atoms with E-state index in [1.807, 2.05) is 0 Å². The summed E-state index contributed by atoms with van der Waals surface area (Å²) in [5.74, 6) is 0.186. The van der Waals surface area contributed by atoms with Crippen LogP contribution in [0.3, 0.4) is 0 Å². The molecule has 0 fully saturated rings. The van der Waals surface area contributed by atoms with Crippen LogP contribution < -0.4 is 5.73 Å². The Morgan fingerprint density at radius 1 is 1.47 bits per heavy atom. The molecule has 0 aliphatic carbocycles. The van der Waals surface area contributed by atoms with Gasteiger partial charge < -0.3 is 10.3 Å². The molecule has 3 nitrogen and oxygen atoms in total. The number of rotatable bonds is 1. The molecule has 5 heteroatoms. The molecule has 0 saturated carbocycles. The second-order valence-corrected chi connectivity index (χ2v) is 3.50. The average Bonchev–Trinajstić information content (AvgIpc) is 2.53. The van der Waals surface area contributed by atoms with Gasteiger partial charge in [-0.15, -0.1) is 0 Å². The molecule has 0 atom stereocenters. The van der Waals surface area contributed by atoms with Crippen molar-refractivity contribution in [2.24, 2.45) is 0 Å². The van der Waals surface area contributed by atoms with Crippen LogP contribution in [0, 0.1) is 12.7 Å². The lowest BCUT2D eigenvalue weighted by Gasteiger charge is -2.01. The smallest absolute Gasteiger partial charge is 0.173 e. The van der Waals surface area contributed by atoms with Gasteiger partial charge in [0, 0.05) is 11.1 Å². The quantitative estimate of drug-likeness (QED) is 0.813. The van der Waals surface area contributed by atoms with Crippen LogP contribution in [0.4, 0.5) is 10.2 Å². The second kappa shape index (κ2) is 3.55. The fourth-order valence-corrected chi connectivity index (χ4v) is 1.49. The minimum atomic E-state index is -0.497.